The van der Waals surface area contributed by atoms with Crippen molar-refractivity contribution in [3.05, 3.63) is 69.8 Å². The zero-order valence-corrected chi connectivity index (χ0v) is 12.3. The van der Waals surface area contributed by atoms with Crippen molar-refractivity contribution in [2.24, 2.45) is 0 Å². The van der Waals surface area contributed by atoms with Crippen LogP contribution in [-0.4, -0.2) is 0 Å². The van der Waals surface area contributed by atoms with Gasteiger partial charge in [-0.25, -0.2) is 0 Å². The molecule has 3 aromatic carbocycles. The van der Waals surface area contributed by atoms with Gasteiger partial charge in [0.2, 0.25) is 0 Å². The van der Waals surface area contributed by atoms with Crippen LogP contribution in [0.3, 0.4) is 0 Å². The first-order valence-corrected chi connectivity index (χ1v) is 7.06. The molecule has 1 nitrogen and oxygen atoms in total. The van der Waals surface area contributed by atoms with E-state index in [0.717, 1.165) is 19.9 Å². The maximum Gasteiger partial charge on any atom is 0.101 e. The van der Waals surface area contributed by atoms with E-state index in [4.69, 9.17) is 0 Å². The highest BCUT2D eigenvalue weighted by molar-refractivity contribution is 14.1. The van der Waals surface area contributed by atoms with E-state index in [1.165, 1.54) is 11.1 Å². The van der Waals surface area contributed by atoms with E-state index < -0.39 is 0 Å². The average molecular weight is 355 g/mol. The summed E-state index contributed by atoms with van der Waals surface area (Å²) in [6, 6.07) is 22.8. The second-order valence-electron chi connectivity index (χ2n) is 4.30. The van der Waals surface area contributed by atoms with E-state index >= 15 is 0 Å². The first-order valence-electron chi connectivity index (χ1n) is 5.98. The van der Waals surface area contributed by atoms with Gasteiger partial charge in [-0.3, -0.25) is 0 Å². The van der Waals surface area contributed by atoms with Gasteiger partial charge in [0.25, 0.3) is 0 Å². The third kappa shape index (κ3) is 2.11. The third-order valence-electron chi connectivity index (χ3n) is 3.19. The number of halogens is 1. The molecule has 0 aromatic heterocycles. The summed E-state index contributed by atoms with van der Waals surface area (Å²) in [6.07, 6.45) is 0. The SMILES string of the molecule is N#Cc1c(I)cc(-c2ccccc2)c2ccccc12. The summed E-state index contributed by atoms with van der Waals surface area (Å²) in [4.78, 5) is 0. The summed E-state index contributed by atoms with van der Waals surface area (Å²) in [5.41, 5.74) is 3.12. The lowest BCUT2D eigenvalue weighted by Gasteiger charge is -2.10. The van der Waals surface area contributed by atoms with Crippen LogP contribution in [0.5, 0.6) is 0 Å². The highest BCUT2D eigenvalue weighted by Crippen LogP contribution is 2.33. The van der Waals surface area contributed by atoms with E-state index in [9.17, 15) is 5.26 Å². The largest absolute Gasteiger partial charge is 0.192 e. The van der Waals surface area contributed by atoms with Gasteiger partial charge in [-0.2, -0.15) is 5.26 Å². The van der Waals surface area contributed by atoms with Crippen LogP contribution in [0.15, 0.2) is 60.7 Å². The third-order valence-corrected chi connectivity index (χ3v) is 4.04. The molecule has 0 saturated carbocycles. The average Bonchev–Trinajstić information content (AvgIpc) is 2.47. The van der Waals surface area contributed by atoms with Crippen LogP contribution in [0, 0.1) is 14.9 Å². The Kier molecular flexibility index (Phi) is 3.22. The molecule has 0 bridgehead atoms. The molecule has 0 heterocycles. The summed E-state index contributed by atoms with van der Waals surface area (Å²) in [5.74, 6) is 0. The minimum atomic E-state index is 0.760. The van der Waals surface area contributed by atoms with Crippen molar-refractivity contribution in [3.63, 3.8) is 0 Å². The lowest BCUT2D eigenvalue weighted by Crippen LogP contribution is -1.89. The highest BCUT2D eigenvalue weighted by Gasteiger charge is 2.10. The molecule has 90 valence electrons. The van der Waals surface area contributed by atoms with Gasteiger partial charge >= 0.3 is 0 Å². The lowest BCUT2D eigenvalue weighted by molar-refractivity contribution is 1.49. The minimum absolute atomic E-state index is 0.760. The Labute approximate surface area is 125 Å². The predicted molar refractivity (Wildman–Crippen MR) is 86.8 cm³/mol. The summed E-state index contributed by atoms with van der Waals surface area (Å²) in [6.45, 7) is 0. The maximum absolute atomic E-state index is 9.32. The highest BCUT2D eigenvalue weighted by atomic mass is 127. The van der Waals surface area contributed by atoms with E-state index in [1.807, 2.05) is 36.4 Å². The second kappa shape index (κ2) is 5.02. The van der Waals surface area contributed by atoms with Crippen molar-refractivity contribution in [2.75, 3.05) is 0 Å². The van der Waals surface area contributed by atoms with Gasteiger partial charge in [0.05, 0.1) is 5.56 Å². The van der Waals surface area contributed by atoms with Gasteiger partial charge in [0.15, 0.2) is 0 Å². The molecular formula is C17H10IN. The van der Waals surface area contributed by atoms with E-state index in [2.05, 4.69) is 52.9 Å². The molecule has 0 fully saturated rings. The number of fused-ring (bicyclic) bond motifs is 1. The van der Waals surface area contributed by atoms with Gasteiger partial charge in [0, 0.05) is 8.96 Å². The number of nitrogens with zero attached hydrogens (tertiary/aromatic N) is 1. The fourth-order valence-corrected chi connectivity index (χ4v) is 3.03. The van der Waals surface area contributed by atoms with Gasteiger partial charge < -0.3 is 0 Å². The molecule has 0 spiro atoms. The molecule has 3 aromatic rings. The van der Waals surface area contributed by atoms with Gasteiger partial charge in [-0.15, -0.1) is 0 Å². The molecule has 19 heavy (non-hydrogen) atoms. The Morgan fingerprint density at radius 3 is 2.16 bits per heavy atom. The molecule has 0 aliphatic rings. The first-order chi connectivity index (χ1) is 9.31. The molecular weight excluding hydrogens is 345 g/mol. The van der Waals surface area contributed by atoms with Crippen molar-refractivity contribution >= 4 is 33.4 Å². The molecule has 0 saturated heterocycles. The standard InChI is InChI=1S/C17H10IN/c18-17-10-15(12-6-2-1-3-7-12)13-8-4-5-9-14(13)16(17)11-19/h1-10H. The van der Waals surface area contributed by atoms with Crippen LogP contribution < -0.4 is 0 Å². The number of hydrogen-bond donors (Lipinski definition) is 0. The number of nitriles is 1. The monoisotopic (exact) mass is 355 g/mol. The molecule has 0 unspecified atom stereocenters. The van der Waals surface area contributed by atoms with Crippen molar-refractivity contribution in [2.45, 2.75) is 0 Å². The number of rotatable bonds is 1. The van der Waals surface area contributed by atoms with Crippen LogP contribution >= 0.6 is 22.6 Å². The molecule has 2 heteroatoms. The molecule has 0 N–H and O–H groups in total. The van der Waals surface area contributed by atoms with Crippen LogP contribution in [0.25, 0.3) is 21.9 Å². The molecule has 0 amide bonds. The van der Waals surface area contributed by atoms with Crippen LogP contribution in [0.4, 0.5) is 0 Å². The predicted octanol–water partition coefficient (Wildman–Crippen LogP) is 4.98. The van der Waals surface area contributed by atoms with Crippen molar-refractivity contribution < 1.29 is 0 Å². The van der Waals surface area contributed by atoms with Gasteiger partial charge in [-0.1, -0.05) is 54.6 Å². The summed E-state index contributed by atoms with van der Waals surface area (Å²) in [7, 11) is 0. The van der Waals surface area contributed by atoms with Crippen LogP contribution in [0.2, 0.25) is 0 Å². The van der Waals surface area contributed by atoms with E-state index in [0.29, 0.717) is 0 Å². The van der Waals surface area contributed by atoms with Crippen LogP contribution in [-0.2, 0) is 0 Å². The molecule has 0 atom stereocenters. The zero-order valence-electron chi connectivity index (χ0n) is 10.1. The maximum atomic E-state index is 9.32. The summed E-state index contributed by atoms with van der Waals surface area (Å²) < 4.78 is 0.998. The Bertz CT molecular complexity index is 785. The van der Waals surface area contributed by atoms with Crippen molar-refractivity contribution in [1.29, 1.82) is 5.26 Å². The first kappa shape index (κ1) is 12.2. The lowest BCUT2D eigenvalue weighted by atomic mass is 9.95. The zero-order chi connectivity index (χ0) is 13.2. The van der Waals surface area contributed by atoms with Crippen molar-refractivity contribution in [1.82, 2.24) is 0 Å². The Hall–Kier alpha value is -1.86. The van der Waals surface area contributed by atoms with Crippen LogP contribution in [0.1, 0.15) is 5.56 Å². The Balaban J connectivity index is 2.43. The molecule has 3 rings (SSSR count). The normalized spacial score (nSPS) is 10.3. The number of hydrogen-bond acceptors (Lipinski definition) is 1. The smallest absolute Gasteiger partial charge is 0.101 e. The molecule has 0 aliphatic heterocycles. The molecule has 0 aliphatic carbocycles. The Morgan fingerprint density at radius 2 is 1.47 bits per heavy atom. The fourth-order valence-electron chi connectivity index (χ4n) is 2.31. The quantitative estimate of drug-likeness (QED) is 0.565. The second-order valence-corrected chi connectivity index (χ2v) is 5.47. The molecule has 0 radical (unpaired) electrons. The fraction of sp³-hybridized carbons (Fsp3) is 0. The Morgan fingerprint density at radius 1 is 0.842 bits per heavy atom. The summed E-state index contributed by atoms with van der Waals surface area (Å²) in [5, 5.41) is 11.5. The minimum Gasteiger partial charge on any atom is -0.192 e. The van der Waals surface area contributed by atoms with Crippen molar-refractivity contribution in [3.8, 4) is 17.2 Å². The number of benzene rings is 3. The van der Waals surface area contributed by atoms with E-state index in [1.54, 1.807) is 0 Å². The van der Waals surface area contributed by atoms with E-state index in [-0.39, 0.29) is 0 Å². The topological polar surface area (TPSA) is 23.8 Å². The van der Waals surface area contributed by atoms with Gasteiger partial charge in [-0.05, 0) is 45.2 Å². The van der Waals surface area contributed by atoms with Gasteiger partial charge in [0.1, 0.15) is 6.07 Å². The summed E-state index contributed by atoms with van der Waals surface area (Å²) >= 11 is 2.24.